The van der Waals surface area contributed by atoms with E-state index in [1.54, 1.807) is 28.8 Å². The molecule has 0 radical (unpaired) electrons. The summed E-state index contributed by atoms with van der Waals surface area (Å²) in [6.45, 7) is 4.70. The Labute approximate surface area is 108 Å². The maximum atomic E-state index is 11.5. The standard InChI is InChI=1S/C14H19NOS/c1-4-5-14(16)15(3)10-11-17-13-8-6-12(2)7-9-13/h4-9H,10-11H2,1-3H3. The third-order valence-electron chi connectivity index (χ3n) is 2.40. The highest BCUT2D eigenvalue weighted by atomic mass is 32.2. The third-order valence-corrected chi connectivity index (χ3v) is 3.39. The summed E-state index contributed by atoms with van der Waals surface area (Å²) in [5.74, 6) is 0.986. The maximum absolute atomic E-state index is 11.5. The Hall–Kier alpha value is -1.22. The van der Waals surface area contributed by atoms with Crippen LogP contribution in [-0.4, -0.2) is 30.2 Å². The Morgan fingerprint density at radius 1 is 1.35 bits per heavy atom. The Balaban J connectivity index is 2.32. The molecule has 0 aliphatic heterocycles. The first-order valence-corrected chi connectivity index (χ1v) is 6.69. The monoisotopic (exact) mass is 249 g/mol. The van der Waals surface area contributed by atoms with Gasteiger partial charge in [0.25, 0.3) is 0 Å². The van der Waals surface area contributed by atoms with E-state index in [-0.39, 0.29) is 5.91 Å². The van der Waals surface area contributed by atoms with Crippen LogP contribution < -0.4 is 0 Å². The minimum atomic E-state index is 0.0667. The van der Waals surface area contributed by atoms with Crippen LogP contribution in [0.3, 0.4) is 0 Å². The van der Waals surface area contributed by atoms with Gasteiger partial charge in [-0.1, -0.05) is 23.8 Å². The lowest BCUT2D eigenvalue weighted by Crippen LogP contribution is -2.27. The molecule has 0 aliphatic carbocycles. The van der Waals surface area contributed by atoms with Gasteiger partial charge in [0.2, 0.25) is 5.91 Å². The molecule has 3 heteroatoms. The largest absolute Gasteiger partial charge is 0.341 e. The van der Waals surface area contributed by atoms with Crippen molar-refractivity contribution in [1.82, 2.24) is 4.90 Å². The first-order valence-electron chi connectivity index (χ1n) is 5.70. The van der Waals surface area contributed by atoms with Crippen LogP contribution >= 0.6 is 11.8 Å². The van der Waals surface area contributed by atoms with Crippen LogP contribution in [0.1, 0.15) is 12.5 Å². The van der Waals surface area contributed by atoms with Gasteiger partial charge in [-0.2, -0.15) is 0 Å². The van der Waals surface area contributed by atoms with E-state index in [9.17, 15) is 4.79 Å². The number of nitrogens with zero attached hydrogens (tertiary/aromatic N) is 1. The zero-order valence-corrected chi connectivity index (χ0v) is 11.5. The number of likely N-dealkylation sites (N-methyl/N-ethyl adjacent to an activating group) is 1. The van der Waals surface area contributed by atoms with Crippen molar-refractivity contribution in [3.8, 4) is 0 Å². The molecule has 0 aliphatic rings. The number of carbonyl (C=O) groups excluding carboxylic acids is 1. The van der Waals surface area contributed by atoms with Crippen molar-refractivity contribution in [3.63, 3.8) is 0 Å². The molecule has 0 spiro atoms. The fourth-order valence-electron chi connectivity index (χ4n) is 1.31. The van der Waals surface area contributed by atoms with E-state index in [2.05, 4.69) is 31.2 Å². The van der Waals surface area contributed by atoms with Crippen LogP contribution in [0.2, 0.25) is 0 Å². The number of thioether (sulfide) groups is 1. The highest BCUT2D eigenvalue weighted by Crippen LogP contribution is 2.17. The molecule has 0 unspecified atom stereocenters. The van der Waals surface area contributed by atoms with Crippen molar-refractivity contribution < 1.29 is 4.79 Å². The van der Waals surface area contributed by atoms with Crippen LogP contribution in [0.4, 0.5) is 0 Å². The summed E-state index contributed by atoms with van der Waals surface area (Å²) in [5, 5.41) is 0. The molecule has 0 bridgehead atoms. The van der Waals surface area contributed by atoms with E-state index >= 15 is 0 Å². The molecule has 2 nitrogen and oxygen atoms in total. The van der Waals surface area contributed by atoms with E-state index in [4.69, 9.17) is 0 Å². The fourth-order valence-corrected chi connectivity index (χ4v) is 2.24. The smallest absolute Gasteiger partial charge is 0.245 e. The molecule has 0 N–H and O–H groups in total. The minimum Gasteiger partial charge on any atom is -0.341 e. The summed E-state index contributed by atoms with van der Waals surface area (Å²) in [6.07, 6.45) is 3.36. The molecule has 0 aromatic heterocycles. The number of allylic oxidation sites excluding steroid dienone is 1. The van der Waals surface area contributed by atoms with Crippen molar-refractivity contribution >= 4 is 17.7 Å². The van der Waals surface area contributed by atoms with Crippen molar-refractivity contribution in [2.45, 2.75) is 18.7 Å². The van der Waals surface area contributed by atoms with Crippen molar-refractivity contribution in [2.75, 3.05) is 19.3 Å². The Kier molecular flexibility index (Phi) is 5.84. The summed E-state index contributed by atoms with van der Waals surface area (Å²) in [4.78, 5) is 14.4. The van der Waals surface area contributed by atoms with Crippen molar-refractivity contribution in [3.05, 3.63) is 42.0 Å². The van der Waals surface area contributed by atoms with Crippen LogP contribution in [0.15, 0.2) is 41.3 Å². The number of amides is 1. The Bertz CT molecular complexity index is 384. The molecule has 0 fully saturated rings. The van der Waals surface area contributed by atoms with E-state index in [1.807, 2.05) is 14.0 Å². The Morgan fingerprint density at radius 3 is 2.59 bits per heavy atom. The van der Waals surface area contributed by atoms with Gasteiger partial charge in [0, 0.05) is 24.2 Å². The van der Waals surface area contributed by atoms with Crippen LogP contribution in [0.25, 0.3) is 0 Å². The zero-order chi connectivity index (χ0) is 12.7. The van der Waals surface area contributed by atoms with Gasteiger partial charge in [0.05, 0.1) is 0 Å². The number of hydrogen-bond acceptors (Lipinski definition) is 2. The lowest BCUT2D eigenvalue weighted by molar-refractivity contribution is -0.124. The molecule has 1 aromatic rings. The van der Waals surface area contributed by atoms with Gasteiger partial charge in [0.1, 0.15) is 0 Å². The predicted molar refractivity (Wildman–Crippen MR) is 74.4 cm³/mol. The second kappa shape index (κ2) is 7.17. The highest BCUT2D eigenvalue weighted by molar-refractivity contribution is 7.99. The molecule has 1 rings (SSSR count). The van der Waals surface area contributed by atoms with Gasteiger partial charge in [-0.05, 0) is 32.1 Å². The van der Waals surface area contributed by atoms with Gasteiger partial charge >= 0.3 is 0 Å². The molecule has 92 valence electrons. The molecule has 1 amide bonds. The van der Waals surface area contributed by atoms with Crippen LogP contribution in [0, 0.1) is 6.92 Å². The molecule has 0 heterocycles. The molecular weight excluding hydrogens is 230 g/mol. The number of rotatable bonds is 5. The zero-order valence-electron chi connectivity index (χ0n) is 10.6. The highest BCUT2D eigenvalue weighted by Gasteiger charge is 2.03. The average Bonchev–Trinajstić information content (AvgIpc) is 2.32. The van der Waals surface area contributed by atoms with E-state index in [0.29, 0.717) is 0 Å². The van der Waals surface area contributed by atoms with E-state index in [1.165, 1.54) is 10.5 Å². The quantitative estimate of drug-likeness (QED) is 0.590. The summed E-state index contributed by atoms with van der Waals surface area (Å²) in [6, 6.07) is 8.45. The summed E-state index contributed by atoms with van der Waals surface area (Å²) in [7, 11) is 1.83. The predicted octanol–water partition coefficient (Wildman–Crippen LogP) is 3.12. The first-order chi connectivity index (χ1) is 8.13. The number of benzene rings is 1. The number of aryl methyl sites for hydroxylation is 1. The maximum Gasteiger partial charge on any atom is 0.245 e. The summed E-state index contributed by atoms with van der Waals surface area (Å²) < 4.78 is 0. The van der Waals surface area contributed by atoms with Gasteiger partial charge in [-0.3, -0.25) is 4.79 Å². The van der Waals surface area contributed by atoms with Crippen molar-refractivity contribution in [2.24, 2.45) is 0 Å². The van der Waals surface area contributed by atoms with E-state index in [0.717, 1.165) is 12.3 Å². The van der Waals surface area contributed by atoms with Crippen LogP contribution in [-0.2, 0) is 4.79 Å². The molecule has 1 aromatic carbocycles. The summed E-state index contributed by atoms with van der Waals surface area (Å²) in [5.41, 5.74) is 1.27. The SMILES string of the molecule is CC=CC(=O)N(C)CCSc1ccc(C)cc1. The number of carbonyl (C=O) groups is 1. The second-order valence-corrected chi connectivity index (χ2v) is 5.09. The van der Waals surface area contributed by atoms with E-state index < -0.39 is 0 Å². The average molecular weight is 249 g/mol. The molecule has 0 saturated heterocycles. The van der Waals surface area contributed by atoms with Crippen molar-refractivity contribution in [1.29, 1.82) is 0 Å². The molecule has 0 saturated carbocycles. The lowest BCUT2D eigenvalue weighted by Gasteiger charge is -2.14. The topological polar surface area (TPSA) is 20.3 Å². The number of hydrogen-bond donors (Lipinski definition) is 0. The van der Waals surface area contributed by atoms with Gasteiger partial charge < -0.3 is 4.90 Å². The normalized spacial score (nSPS) is 10.8. The van der Waals surface area contributed by atoms with Gasteiger partial charge in [-0.15, -0.1) is 11.8 Å². The van der Waals surface area contributed by atoms with Gasteiger partial charge in [-0.25, -0.2) is 0 Å². The third kappa shape index (κ3) is 5.09. The molecular formula is C14H19NOS. The second-order valence-electron chi connectivity index (χ2n) is 3.92. The first kappa shape index (κ1) is 13.8. The minimum absolute atomic E-state index is 0.0667. The molecule has 17 heavy (non-hydrogen) atoms. The lowest BCUT2D eigenvalue weighted by atomic mass is 10.2. The van der Waals surface area contributed by atoms with Crippen LogP contribution in [0.5, 0.6) is 0 Å². The summed E-state index contributed by atoms with van der Waals surface area (Å²) >= 11 is 1.77. The Morgan fingerprint density at radius 2 is 2.00 bits per heavy atom. The fraction of sp³-hybridized carbons (Fsp3) is 0.357. The van der Waals surface area contributed by atoms with Gasteiger partial charge in [0.15, 0.2) is 0 Å². The molecule has 0 atom stereocenters.